The van der Waals surface area contributed by atoms with Gasteiger partial charge in [0, 0.05) is 5.56 Å². The van der Waals surface area contributed by atoms with Gasteiger partial charge in [0.2, 0.25) is 0 Å². The van der Waals surface area contributed by atoms with Gasteiger partial charge in [0.05, 0.1) is 22.3 Å². The van der Waals surface area contributed by atoms with Crippen molar-refractivity contribution in [3.8, 4) is 16.8 Å². The highest BCUT2D eigenvalue weighted by molar-refractivity contribution is 6.33. The Morgan fingerprint density at radius 1 is 1.00 bits per heavy atom. The highest BCUT2D eigenvalue weighted by Gasteiger charge is 2.21. The average Bonchev–Trinajstić information content (AvgIpc) is 2.98. The van der Waals surface area contributed by atoms with Gasteiger partial charge in [0.15, 0.2) is 11.9 Å². The molecule has 5 heteroatoms. The normalized spacial score (nSPS) is 11.0. The fourth-order valence-electron chi connectivity index (χ4n) is 3.18. The summed E-state index contributed by atoms with van der Waals surface area (Å²) in [5.41, 5.74) is 5.56. The van der Waals surface area contributed by atoms with Crippen LogP contribution in [0.15, 0.2) is 54.6 Å². The van der Waals surface area contributed by atoms with Crippen molar-refractivity contribution in [2.24, 2.45) is 0 Å². The van der Waals surface area contributed by atoms with Gasteiger partial charge in [-0.3, -0.25) is 4.79 Å². The maximum absolute atomic E-state index is 11.8. The number of benzene rings is 2. The van der Waals surface area contributed by atoms with Gasteiger partial charge >= 0.3 is 0 Å². The SMILES string of the molecule is Cc1ccc(-c2c(C=O)c(Cl)nc3c2c(C)nn3-c2ccccc2)cc1. The molecule has 0 aliphatic heterocycles. The summed E-state index contributed by atoms with van der Waals surface area (Å²) in [6.45, 7) is 3.95. The van der Waals surface area contributed by atoms with E-state index in [-0.39, 0.29) is 5.15 Å². The van der Waals surface area contributed by atoms with Crippen LogP contribution in [-0.4, -0.2) is 21.1 Å². The van der Waals surface area contributed by atoms with Crippen molar-refractivity contribution in [2.75, 3.05) is 0 Å². The number of aryl methyl sites for hydroxylation is 2. The van der Waals surface area contributed by atoms with Gasteiger partial charge in [0.25, 0.3) is 0 Å². The molecule has 0 unspecified atom stereocenters. The first-order valence-electron chi connectivity index (χ1n) is 8.26. The minimum Gasteiger partial charge on any atom is -0.298 e. The third-order valence-corrected chi connectivity index (χ3v) is 4.73. The molecule has 0 amide bonds. The van der Waals surface area contributed by atoms with Crippen LogP contribution in [-0.2, 0) is 0 Å². The molecule has 0 atom stereocenters. The standard InChI is InChI=1S/C21H16ClN3O/c1-13-8-10-15(11-9-13)19-17(12-26)20(22)23-21-18(19)14(2)24-25(21)16-6-4-3-5-7-16/h3-12H,1-2H3. The molecule has 2 aromatic heterocycles. The van der Waals surface area contributed by atoms with Gasteiger partial charge in [-0.25, -0.2) is 9.67 Å². The first-order valence-corrected chi connectivity index (χ1v) is 8.64. The minimum absolute atomic E-state index is 0.181. The molecule has 0 radical (unpaired) electrons. The summed E-state index contributed by atoms with van der Waals surface area (Å²) in [6.07, 6.45) is 0.767. The van der Waals surface area contributed by atoms with Crippen LogP contribution in [0.4, 0.5) is 0 Å². The Hall–Kier alpha value is -2.98. The molecule has 0 bridgehead atoms. The van der Waals surface area contributed by atoms with Crippen molar-refractivity contribution in [1.29, 1.82) is 0 Å². The van der Waals surface area contributed by atoms with E-state index in [2.05, 4.69) is 10.1 Å². The lowest BCUT2D eigenvalue weighted by atomic mass is 9.97. The number of pyridine rings is 1. The Morgan fingerprint density at radius 3 is 2.35 bits per heavy atom. The number of carbonyl (C=O) groups is 1. The molecule has 128 valence electrons. The van der Waals surface area contributed by atoms with Crippen LogP contribution in [0.25, 0.3) is 27.8 Å². The number of fused-ring (bicyclic) bond motifs is 1. The number of hydrogen-bond acceptors (Lipinski definition) is 3. The highest BCUT2D eigenvalue weighted by atomic mass is 35.5. The van der Waals surface area contributed by atoms with Crippen molar-refractivity contribution >= 4 is 28.9 Å². The van der Waals surface area contributed by atoms with E-state index in [9.17, 15) is 4.79 Å². The fourth-order valence-corrected chi connectivity index (χ4v) is 3.40. The monoisotopic (exact) mass is 361 g/mol. The maximum Gasteiger partial charge on any atom is 0.165 e. The van der Waals surface area contributed by atoms with Gasteiger partial charge in [-0.15, -0.1) is 0 Å². The first kappa shape index (κ1) is 16.5. The highest BCUT2D eigenvalue weighted by Crippen LogP contribution is 2.36. The molecule has 0 saturated heterocycles. The van der Waals surface area contributed by atoms with Crippen LogP contribution in [0.1, 0.15) is 21.6 Å². The lowest BCUT2D eigenvalue weighted by molar-refractivity contribution is 0.112. The van der Waals surface area contributed by atoms with E-state index in [4.69, 9.17) is 11.6 Å². The van der Waals surface area contributed by atoms with Crippen LogP contribution in [0, 0.1) is 13.8 Å². The molecule has 4 nitrogen and oxygen atoms in total. The molecule has 0 spiro atoms. The lowest BCUT2D eigenvalue weighted by Gasteiger charge is -2.10. The van der Waals surface area contributed by atoms with Crippen molar-refractivity contribution in [1.82, 2.24) is 14.8 Å². The Morgan fingerprint density at radius 2 is 1.69 bits per heavy atom. The van der Waals surface area contributed by atoms with E-state index < -0.39 is 0 Å². The predicted octanol–water partition coefficient (Wildman–Crippen LogP) is 5.17. The number of aromatic nitrogens is 3. The number of rotatable bonds is 3. The van der Waals surface area contributed by atoms with E-state index in [1.165, 1.54) is 0 Å². The fraction of sp³-hybridized carbons (Fsp3) is 0.0952. The van der Waals surface area contributed by atoms with Gasteiger partial charge in [-0.05, 0) is 31.5 Å². The second-order valence-electron chi connectivity index (χ2n) is 6.21. The molecule has 0 aliphatic rings. The number of para-hydroxylation sites is 1. The molecule has 0 saturated carbocycles. The largest absolute Gasteiger partial charge is 0.298 e. The molecular weight excluding hydrogens is 346 g/mol. The van der Waals surface area contributed by atoms with Crippen molar-refractivity contribution in [3.63, 3.8) is 0 Å². The quantitative estimate of drug-likeness (QED) is 0.373. The zero-order chi connectivity index (χ0) is 18.3. The molecule has 4 aromatic rings. The minimum atomic E-state index is 0.181. The average molecular weight is 362 g/mol. The predicted molar refractivity (Wildman–Crippen MR) is 104 cm³/mol. The van der Waals surface area contributed by atoms with Crippen molar-refractivity contribution in [3.05, 3.63) is 76.6 Å². The second kappa shape index (κ2) is 6.39. The topological polar surface area (TPSA) is 47.8 Å². The molecule has 2 heterocycles. The molecule has 0 N–H and O–H groups in total. The molecule has 0 fully saturated rings. The van der Waals surface area contributed by atoms with E-state index in [1.807, 2.05) is 68.4 Å². The van der Waals surface area contributed by atoms with E-state index in [0.717, 1.165) is 39.7 Å². The smallest absolute Gasteiger partial charge is 0.165 e. The second-order valence-corrected chi connectivity index (χ2v) is 6.56. The Bertz CT molecular complexity index is 1120. The summed E-state index contributed by atoms with van der Waals surface area (Å²) in [5, 5.41) is 5.68. The van der Waals surface area contributed by atoms with Gasteiger partial charge in [0.1, 0.15) is 5.15 Å². The van der Waals surface area contributed by atoms with Crippen LogP contribution in [0.5, 0.6) is 0 Å². The Balaban J connectivity index is 2.11. The van der Waals surface area contributed by atoms with Gasteiger partial charge in [-0.2, -0.15) is 5.10 Å². The summed E-state index contributed by atoms with van der Waals surface area (Å²) in [6, 6.07) is 17.8. The number of aldehydes is 1. The number of carbonyl (C=O) groups excluding carboxylic acids is 1. The maximum atomic E-state index is 11.8. The third kappa shape index (κ3) is 2.59. The molecule has 4 rings (SSSR count). The van der Waals surface area contributed by atoms with Crippen molar-refractivity contribution in [2.45, 2.75) is 13.8 Å². The zero-order valence-corrected chi connectivity index (χ0v) is 15.2. The van der Waals surface area contributed by atoms with Crippen LogP contribution >= 0.6 is 11.6 Å². The van der Waals surface area contributed by atoms with Crippen LogP contribution in [0.3, 0.4) is 0 Å². The molecular formula is C21H16ClN3O. The summed E-state index contributed by atoms with van der Waals surface area (Å²) in [5.74, 6) is 0. The molecule has 0 aliphatic carbocycles. The summed E-state index contributed by atoms with van der Waals surface area (Å²) in [4.78, 5) is 16.3. The Labute approximate surface area is 156 Å². The van der Waals surface area contributed by atoms with E-state index in [0.29, 0.717) is 11.2 Å². The third-order valence-electron chi connectivity index (χ3n) is 4.44. The van der Waals surface area contributed by atoms with Gasteiger partial charge in [-0.1, -0.05) is 59.6 Å². The lowest BCUT2D eigenvalue weighted by Crippen LogP contribution is -2.00. The molecule has 2 aromatic carbocycles. The number of nitrogens with zero attached hydrogens (tertiary/aromatic N) is 3. The van der Waals surface area contributed by atoms with Gasteiger partial charge < -0.3 is 0 Å². The summed E-state index contributed by atoms with van der Waals surface area (Å²) < 4.78 is 1.77. The number of halogens is 1. The van der Waals surface area contributed by atoms with Crippen molar-refractivity contribution < 1.29 is 4.79 Å². The Kier molecular flexibility index (Phi) is 4.05. The molecule has 26 heavy (non-hydrogen) atoms. The van der Waals surface area contributed by atoms with E-state index in [1.54, 1.807) is 4.68 Å². The first-order chi connectivity index (χ1) is 12.6. The summed E-state index contributed by atoms with van der Waals surface area (Å²) >= 11 is 6.37. The van der Waals surface area contributed by atoms with Crippen LogP contribution < -0.4 is 0 Å². The number of hydrogen-bond donors (Lipinski definition) is 0. The zero-order valence-electron chi connectivity index (χ0n) is 14.4. The summed E-state index contributed by atoms with van der Waals surface area (Å²) in [7, 11) is 0. The van der Waals surface area contributed by atoms with E-state index >= 15 is 0 Å². The van der Waals surface area contributed by atoms with Crippen LogP contribution in [0.2, 0.25) is 5.15 Å².